The lowest BCUT2D eigenvalue weighted by Crippen LogP contribution is -2.46. The summed E-state index contributed by atoms with van der Waals surface area (Å²) in [6.07, 6.45) is 1.44. The smallest absolute Gasteiger partial charge is 0.294 e. The Hall–Kier alpha value is -3.37. The lowest BCUT2D eigenvalue weighted by Gasteiger charge is -2.27. The van der Waals surface area contributed by atoms with Crippen LogP contribution >= 0.6 is 11.8 Å². The van der Waals surface area contributed by atoms with E-state index in [1.54, 1.807) is 36.1 Å². The molecule has 1 aromatic carbocycles. The van der Waals surface area contributed by atoms with Crippen LogP contribution in [0.5, 0.6) is 0 Å². The first-order valence-electron chi connectivity index (χ1n) is 9.87. The predicted molar refractivity (Wildman–Crippen MR) is 113 cm³/mol. The van der Waals surface area contributed by atoms with E-state index in [0.29, 0.717) is 49.0 Å². The van der Waals surface area contributed by atoms with Crippen molar-refractivity contribution in [1.29, 1.82) is 0 Å². The predicted octanol–water partition coefficient (Wildman–Crippen LogP) is 1.51. The number of imide groups is 1. The molecule has 0 saturated carbocycles. The summed E-state index contributed by atoms with van der Waals surface area (Å²) >= 11 is 0.737. The number of carboxylic acids is 1. The van der Waals surface area contributed by atoms with Crippen molar-refractivity contribution in [2.75, 3.05) is 32.8 Å². The number of nitrogens with zero attached hydrogens (tertiary/aromatic N) is 2. The van der Waals surface area contributed by atoms with E-state index in [-0.39, 0.29) is 22.9 Å². The van der Waals surface area contributed by atoms with Gasteiger partial charge in [-0.2, -0.15) is 0 Å². The molecular weight excluding hydrogens is 436 g/mol. The standard InChI is InChI=1S/C22H20N2O7S/c1-13-15(3-2-4-16(13)21(27)28)17-6-5-14(31-17)11-18-20(26)24(22(29)32-18)12-19(25)23-7-9-30-10-8-23/h2-6,11H,7-10,12H2,1H3,(H,27,28)/p-1/b18-11+. The van der Waals surface area contributed by atoms with Gasteiger partial charge in [-0.1, -0.05) is 18.2 Å². The van der Waals surface area contributed by atoms with Crippen molar-refractivity contribution in [3.63, 3.8) is 0 Å². The van der Waals surface area contributed by atoms with Crippen LogP contribution in [0.4, 0.5) is 4.79 Å². The number of carbonyl (C=O) groups excluding carboxylic acids is 4. The molecule has 2 aliphatic heterocycles. The third-order valence-corrected chi connectivity index (χ3v) is 6.16. The van der Waals surface area contributed by atoms with Crippen LogP contribution in [0.25, 0.3) is 17.4 Å². The van der Waals surface area contributed by atoms with Gasteiger partial charge in [-0.25, -0.2) is 0 Å². The number of amides is 3. The fourth-order valence-corrected chi connectivity index (χ4v) is 4.33. The Morgan fingerprint density at radius 3 is 2.62 bits per heavy atom. The number of hydrogen-bond donors (Lipinski definition) is 0. The highest BCUT2D eigenvalue weighted by molar-refractivity contribution is 8.18. The zero-order chi connectivity index (χ0) is 22.8. The first kappa shape index (κ1) is 21.8. The topological polar surface area (TPSA) is 120 Å². The Morgan fingerprint density at radius 1 is 1.16 bits per heavy atom. The minimum absolute atomic E-state index is 0.0616. The monoisotopic (exact) mass is 455 g/mol. The van der Waals surface area contributed by atoms with Crippen molar-refractivity contribution >= 4 is 40.9 Å². The Morgan fingerprint density at radius 2 is 1.91 bits per heavy atom. The lowest BCUT2D eigenvalue weighted by molar-refractivity contribution is -0.255. The van der Waals surface area contributed by atoms with Gasteiger partial charge in [0.1, 0.15) is 18.1 Å². The van der Waals surface area contributed by atoms with Gasteiger partial charge in [0, 0.05) is 30.3 Å². The van der Waals surface area contributed by atoms with Crippen LogP contribution in [-0.2, 0) is 14.3 Å². The Kier molecular flexibility index (Phi) is 6.15. The van der Waals surface area contributed by atoms with Crippen molar-refractivity contribution < 1.29 is 33.4 Å². The quantitative estimate of drug-likeness (QED) is 0.623. The average Bonchev–Trinajstić information content (AvgIpc) is 3.34. The fourth-order valence-electron chi connectivity index (χ4n) is 3.51. The van der Waals surface area contributed by atoms with E-state index in [9.17, 15) is 24.3 Å². The molecule has 10 heteroatoms. The molecule has 0 unspecified atom stereocenters. The molecule has 4 rings (SSSR count). The molecule has 9 nitrogen and oxygen atoms in total. The molecule has 2 fully saturated rings. The third-order valence-electron chi connectivity index (χ3n) is 5.25. The van der Waals surface area contributed by atoms with Gasteiger partial charge in [-0.3, -0.25) is 19.3 Å². The summed E-state index contributed by atoms with van der Waals surface area (Å²) in [6.45, 7) is 3.05. The highest BCUT2D eigenvalue weighted by Gasteiger charge is 2.37. The van der Waals surface area contributed by atoms with Crippen molar-refractivity contribution in [3.8, 4) is 11.3 Å². The van der Waals surface area contributed by atoms with Crippen LogP contribution in [0.3, 0.4) is 0 Å². The molecule has 3 heterocycles. The van der Waals surface area contributed by atoms with Gasteiger partial charge in [0.15, 0.2) is 0 Å². The van der Waals surface area contributed by atoms with Gasteiger partial charge >= 0.3 is 0 Å². The summed E-state index contributed by atoms with van der Waals surface area (Å²) in [5.41, 5.74) is 1.14. The molecule has 2 aromatic rings. The number of carboxylic acid groups (broad SMARTS) is 1. The molecular formula is C22H19N2O7S-. The van der Waals surface area contributed by atoms with Gasteiger partial charge in [0.2, 0.25) is 5.91 Å². The Balaban J connectivity index is 1.51. The molecule has 0 radical (unpaired) electrons. The Labute approximate surface area is 187 Å². The number of hydrogen-bond acceptors (Lipinski definition) is 8. The summed E-state index contributed by atoms with van der Waals surface area (Å²) in [5, 5.41) is 10.7. The zero-order valence-corrected chi connectivity index (χ0v) is 18.0. The SMILES string of the molecule is Cc1c(C(=O)[O-])cccc1-c1ccc(/C=C2/SC(=O)N(CC(=O)N3CCOCC3)C2=O)o1. The first-order chi connectivity index (χ1) is 15.3. The summed E-state index contributed by atoms with van der Waals surface area (Å²) in [6, 6.07) is 8.03. The number of furan rings is 1. The van der Waals surface area contributed by atoms with Crippen molar-refractivity contribution in [3.05, 3.63) is 52.1 Å². The van der Waals surface area contributed by atoms with Crippen molar-refractivity contribution in [2.24, 2.45) is 0 Å². The van der Waals surface area contributed by atoms with Crippen molar-refractivity contribution in [2.45, 2.75) is 6.92 Å². The van der Waals surface area contributed by atoms with Gasteiger partial charge in [0.25, 0.3) is 11.1 Å². The summed E-state index contributed by atoms with van der Waals surface area (Å²) in [4.78, 5) is 51.3. The highest BCUT2D eigenvalue weighted by atomic mass is 32.2. The molecule has 166 valence electrons. The molecule has 2 aliphatic rings. The van der Waals surface area contributed by atoms with Crippen LogP contribution in [0, 0.1) is 6.92 Å². The van der Waals surface area contributed by atoms with Crippen LogP contribution in [0.1, 0.15) is 21.7 Å². The molecule has 2 saturated heterocycles. The van der Waals surface area contributed by atoms with E-state index >= 15 is 0 Å². The zero-order valence-electron chi connectivity index (χ0n) is 17.2. The maximum atomic E-state index is 12.7. The van der Waals surface area contributed by atoms with Gasteiger partial charge in [-0.15, -0.1) is 0 Å². The number of benzene rings is 1. The summed E-state index contributed by atoms with van der Waals surface area (Å²) in [7, 11) is 0. The average molecular weight is 455 g/mol. The second kappa shape index (κ2) is 9.01. The molecule has 32 heavy (non-hydrogen) atoms. The van der Waals surface area contributed by atoms with Gasteiger partial charge < -0.3 is 24.0 Å². The summed E-state index contributed by atoms with van der Waals surface area (Å²) < 4.78 is 11.0. The highest BCUT2D eigenvalue weighted by Crippen LogP contribution is 2.34. The van der Waals surface area contributed by atoms with E-state index in [1.807, 2.05) is 0 Å². The number of aromatic carboxylic acids is 1. The second-order valence-electron chi connectivity index (χ2n) is 7.23. The fraction of sp³-hybridized carbons (Fsp3) is 0.273. The number of rotatable bonds is 5. The van der Waals surface area contributed by atoms with Crippen molar-refractivity contribution in [1.82, 2.24) is 9.80 Å². The Bertz CT molecular complexity index is 1130. The maximum absolute atomic E-state index is 12.7. The molecule has 0 N–H and O–H groups in total. The second-order valence-corrected chi connectivity index (χ2v) is 8.22. The number of ether oxygens (including phenoxy) is 1. The molecule has 0 spiro atoms. The van der Waals surface area contributed by atoms with Crippen LogP contribution < -0.4 is 5.11 Å². The first-order valence-corrected chi connectivity index (χ1v) is 10.7. The van der Waals surface area contributed by atoms with E-state index in [0.717, 1.165) is 16.7 Å². The number of thioether (sulfide) groups is 1. The number of carbonyl (C=O) groups is 4. The third kappa shape index (κ3) is 4.32. The van der Waals surface area contributed by atoms with Crippen LogP contribution in [0.15, 0.2) is 39.7 Å². The van der Waals surface area contributed by atoms with E-state index in [1.165, 1.54) is 12.1 Å². The van der Waals surface area contributed by atoms with Gasteiger partial charge in [-0.05, 0) is 36.4 Å². The van der Waals surface area contributed by atoms with E-state index in [2.05, 4.69) is 0 Å². The minimum Gasteiger partial charge on any atom is -0.545 e. The van der Waals surface area contributed by atoms with Crippen LogP contribution in [0.2, 0.25) is 0 Å². The molecule has 0 bridgehead atoms. The molecule has 0 atom stereocenters. The van der Waals surface area contributed by atoms with E-state index in [4.69, 9.17) is 9.15 Å². The lowest BCUT2D eigenvalue weighted by atomic mass is 10.0. The number of morpholine rings is 1. The molecule has 0 aliphatic carbocycles. The normalized spacial score (nSPS) is 18.0. The van der Waals surface area contributed by atoms with E-state index < -0.39 is 17.1 Å². The molecule has 1 aromatic heterocycles. The summed E-state index contributed by atoms with van der Waals surface area (Å²) in [5.74, 6) is -1.41. The minimum atomic E-state index is -1.28. The van der Waals surface area contributed by atoms with Gasteiger partial charge in [0.05, 0.1) is 24.1 Å². The van der Waals surface area contributed by atoms with Crippen LogP contribution in [-0.4, -0.2) is 65.7 Å². The molecule has 3 amide bonds. The largest absolute Gasteiger partial charge is 0.545 e. The maximum Gasteiger partial charge on any atom is 0.294 e.